The molecule has 1 aromatic carbocycles. The van der Waals surface area contributed by atoms with Gasteiger partial charge in [-0.25, -0.2) is 0 Å². The summed E-state index contributed by atoms with van der Waals surface area (Å²) in [7, 11) is 0. The van der Waals surface area contributed by atoms with E-state index in [-0.39, 0.29) is 12.0 Å². The van der Waals surface area contributed by atoms with Crippen molar-refractivity contribution in [3.8, 4) is 0 Å². The van der Waals surface area contributed by atoms with Gasteiger partial charge in [0.25, 0.3) is 5.91 Å². The maximum absolute atomic E-state index is 12.5. The number of rotatable bonds is 2. The third-order valence-electron chi connectivity index (χ3n) is 4.31. The fraction of sp³-hybridized carbons (Fsp3) is 0.375. The van der Waals surface area contributed by atoms with Crippen LogP contribution in [0.3, 0.4) is 0 Å². The molecule has 0 aliphatic carbocycles. The molecule has 1 amide bonds. The number of benzene rings is 1. The second kappa shape index (κ2) is 5.00. The average Bonchev–Trinajstić information content (AvgIpc) is 2.99. The molecule has 1 atom stereocenters. The van der Waals surface area contributed by atoms with E-state index < -0.39 is 0 Å². The molecular weight excluding hydrogens is 266 g/mol. The zero-order chi connectivity index (χ0) is 14.2. The highest BCUT2D eigenvalue weighted by atomic mass is 16.5. The minimum atomic E-state index is -0.335. The highest BCUT2D eigenvalue weighted by Crippen LogP contribution is 2.26. The number of aromatic nitrogens is 2. The van der Waals surface area contributed by atoms with E-state index >= 15 is 0 Å². The standard InChI is InChI=1S/C16H17N3O2/c20-16(18-9-14(10-18)19-7-3-6-17-19)15-8-12-4-1-2-5-13(12)11-21-15/h1-7,14-15H,8-11H2. The fourth-order valence-corrected chi connectivity index (χ4v) is 3.01. The van der Waals surface area contributed by atoms with Crippen molar-refractivity contribution in [2.24, 2.45) is 0 Å². The molecule has 1 unspecified atom stereocenters. The number of carbonyl (C=O) groups excluding carboxylic acids is 1. The van der Waals surface area contributed by atoms with Crippen LogP contribution in [0, 0.1) is 0 Å². The van der Waals surface area contributed by atoms with E-state index in [1.54, 1.807) is 6.20 Å². The summed E-state index contributed by atoms with van der Waals surface area (Å²) < 4.78 is 7.65. The highest BCUT2D eigenvalue weighted by molar-refractivity contribution is 5.82. The zero-order valence-corrected chi connectivity index (χ0v) is 11.7. The van der Waals surface area contributed by atoms with Gasteiger partial charge in [-0.15, -0.1) is 0 Å². The Kier molecular flexibility index (Phi) is 3.00. The lowest BCUT2D eigenvalue weighted by atomic mass is 9.97. The van der Waals surface area contributed by atoms with Gasteiger partial charge in [-0.05, 0) is 17.2 Å². The van der Waals surface area contributed by atoms with Gasteiger partial charge < -0.3 is 9.64 Å². The number of amides is 1. The van der Waals surface area contributed by atoms with Gasteiger partial charge >= 0.3 is 0 Å². The average molecular weight is 283 g/mol. The Balaban J connectivity index is 1.39. The van der Waals surface area contributed by atoms with Crippen LogP contribution in [0.4, 0.5) is 0 Å². The number of hydrogen-bond donors (Lipinski definition) is 0. The molecule has 1 saturated heterocycles. The van der Waals surface area contributed by atoms with E-state index in [2.05, 4.69) is 17.2 Å². The van der Waals surface area contributed by atoms with Crippen LogP contribution >= 0.6 is 0 Å². The molecule has 5 heteroatoms. The van der Waals surface area contributed by atoms with Crippen molar-refractivity contribution in [3.63, 3.8) is 0 Å². The van der Waals surface area contributed by atoms with Gasteiger partial charge in [0.1, 0.15) is 6.10 Å². The minimum Gasteiger partial charge on any atom is -0.363 e. The first kappa shape index (κ1) is 12.6. The van der Waals surface area contributed by atoms with Gasteiger partial charge in [-0.1, -0.05) is 24.3 Å². The molecule has 5 nitrogen and oxygen atoms in total. The van der Waals surface area contributed by atoms with E-state index in [0.717, 1.165) is 13.1 Å². The van der Waals surface area contributed by atoms with E-state index in [0.29, 0.717) is 19.1 Å². The monoisotopic (exact) mass is 283 g/mol. The third kappa shape index (κ3) is 2.23. The predicted octanol–water partition coefficient (Wildman–Crippen LogP) is 1.41. The smallest absolute Gasteiger partial charge is 0.252 e. The van der Waals surface area contributed by atoms with E-state index in [4.69, 9.17) is 4.74 Å². The van der Waals surface area contributed by atoms with Gasteiger partial charge in [0, 0.05) is 31.9 Å². The normalized spacial score (nSPS) is 21.7. The number of carbonyl (C=O) groups is 1. The highest BCUT2D eigenvalue weighted by Gasteiger charge is 2.37. The summed E-state index contributed by atoms with van der Waals surface area (Å²) in [5.74, 6) is 0.105. The Morgan fingerprint density at radius 2 is 2.00 bits per heavy atom. The summed E-state index contributed by atoms with van der Waals surface area (Å²) in [6.07, 6.45) is 4.06. The maximum Gasteiger partial charge on any atom is 0.252 e. The summed E-state index contributed by atoms with van der Waals surface area (Å²) in [5.41, 5.74) is 2.42. The van der Waals surface area contributed by atoms with Crippen molar-refractivity contribution >= 4 is 5.91 Å². The molecule has 0 radical (unpaired) electrons. The molecule has 3 heterocycles. The largest absolute Gasteiger partial charge is 0.363 e. The third-order valence-corrected chi connectivity index (χ3v) is 4.31. The van der Waals surface area contributed by atoms with Crippen LogP contribution in [0.2, 0.25) is 0 Å². The molecule has 0 saturated carbocycles. The van der Waals surface area contributed by atoms with Crippen LogP contribution in [0.1, 0.15) is 17.2 Å². The van der Waals surface area contributed by atoms with Gasteiger partial charge in [-0.3, -0.25) is 9.48 Å². The lowest BCUT2D eigenvalue weighted by molar-refractivity contribution is -0.151. The summed E-state index contributed by atoms with van der Waals surface area (Å²) in [5, 5.41) is 4.22. The summed E-state index contributed by atoms with van der Waals surface area (Å²) in [4.78, 5) is 14.3. The first-order valence-electron chi connectivity index (χ1n) is 7.27. The van der Waals surface area contributed by atoms with Crippen LogP contribution in [0.25, 0.3) is 0 Å². The molecule has 0 bridgehead atoms. The Labute approximate surface area is 123 Å². The number of nitrogens with zero attached hydrogens (tertiary/aromatic N) is 3. The number of fused-ring (bicyclic) bond motifs is 1. The van der Waals surface area contributed by atoms with Gasteiger partial charge in [-0.2, -0.15) is 5.10 Å². The van der Waals surface area contributed by atoms with Crippen LogP contribution in [-0.4, -0.2) is 39.8 Å². The van der Waals surface area contributed by atoms with Gasteiger partial charge in [0.2, 0.25) is 0 Å². The predicted molar refractivity (Wildman–Crippen MR) is 76.6 cm³/mol. The molecule has 4 rings (SSSR count). The quantitative estimate of drug-likeness (QED) is 0.837. The topological polar surface area (TPSA) is 47.4 Å². The number of ether oxygens (including phenoxy) is 1. The van der Waals surface area contributed by atoms with E-state index in [9.17, 15) is 4.79 Å². The summed E-state index contributed by atoms with van der Waals surface area (Å²) >= 11 is 0. The molecule has 0 N–H and O–H groups in total. The van der Waals surface area contributed by atoms with Crippen molar-refractivity contribution < 1.29 is 9.53 Å². The first-order valence-corrected chi connectivity index (χ1v) is 7.27. The first-order chi connectivity index (χ1) is 10.3. The molecule has 2 aromatic rings. The van der Waals surface area contributed by atoms with Crippen molar-refractivity contribution in [3.05, 3.63) is 53.9 Å². The van der Waals surface area contributed by atoms with Crippen LogP contribution in [0.5, 0.6) is 0 Å². The Hall–Kier alpha value is -2.14. The Morgan fingerprint density at radius 3 is 2.76 bits per heavy atom. The van der Waals surface area contributed by atoms with Crippen molar-refractivity contribution in [1.29, 1.82) is 0 Å². The lowest BCUT2D eigenvalue weighted by Gasteiger charge is -2.41. The fourth-order valence-electron chi connectivity index (χ4n) is 3.01. The van der Waals surface area contributed by atoms with Crippen molar-refractivity contribution in [1.82, 2.24) is 14.7 Å². The van der Waals surface area contributed by atoms with Crippen molar-refractivity contribution in [2.45, 2.75) is 25.2 Å². The summed E-state index contributed by atoms with van der Waals surface area (Å²) in [6.45, 7) is 1.98. The van der Waals surface area contributed by atoms with Crippen molar-refractivity contribution in [2.75, 3.05) is 13.1 Å². The SMILES string of the molecule is O=C(C1Cc2ccccc2CO1)N1CC(n2cccn2)C1. The van der Waals surface area contributed by atoms with Crippen LogP contribution in [0.15, 0.2) is 42.7 Å². The maximum atomic E-state index is 12.5. The molecule has 2 aliphatic rings. The number of likely N-dealkylation sites (tertiary alicyclic amines) is 1. The van der Waals surface area contributed by atoms with E-state index in [1.165, 1.54) is 11.1 Å². The molecule has 1 aromatic heterocycles. The van der Waals surface area contributed by atoms with Crippen LogP contribution < -0.4 is 0 Å². The molecular formula is C16H17N3O2. The molecule has 108 valence electrons. The summed E-state index contributed by atoms with van der Waals surface area (Å²) in [6, 6.07) is 10.4. The van der Waals surface area contributed by atoms with E-state index in [1.807, 2.05) is 34.0 Å². The second-order valence-corrected chi connectivity index (χ2v) is 5.66. The molecule has 1 fully saturated rings. The zero-order valence-electron chi connectivity index (χ0n) is 11.7. The minimum absolute atomic E-state index is 0.105. The molecule has 21 heavy (non-hydrogen) atoms. The van der Waals surface area contributed by atoms with Gasteiger partial charge in [0.15, 0.2) is 0 Å². The lowest BCUT2D eigenvalue weighted by Crippen LogP contribution is -2.55. The molecule has 0 spiro atoms. The Morgan fingerprint density at radius 1 is 1.19 bits per heavy atom. The Bertz CT molecular complexity index is 647. The number of hydrogen-bond acceptors (Lipinski definition) is 3. The molecule has 2 aliphatic heterocycles. The van der Waals surface area contributed by atoms with Crippen LogP contribution in [-0.2, 0) is 22.6 Å². The van der Waals surface area contributed by atoms with Gasteiger partial charge in [0.05, 0.1) is 12.6 Å². The second-order valence-electron chi connectivity index (χ2n) is 5.66.